The van der Waals surface area contributed by atoms with Gasteiger partial charge in [-0.15, -0.1) is 0 Å². The molecule has 3 aromatic carbocycles. The fourth-order valence-electron chi connectivity index (χ4n) is 5.05. The van der Waals surface area contributed by atoms with E-state index < -0.39 is 0 Å². The fraction of sp³-hybridized carbons (Fsp3) is 0.267. The molecule has 1 N–H and O–H groups in total. The second-order valence-electron chi connectivity index (χ2n) is 9.16. The van der Waals surface area contributed by atoms with Gasteiger partial charge in [0.15, 0.2) is 0 Å². The molecule has 2 atom stereocenters. The molecule has 2 heterocycles. The minimum Gasteiger partial charge on any atom is -0.497 e. The first-order chi connectivity index (χ1) is 17.2. The maximum atomic E-state index is 13.5. The highest BCUT2D eigenvalue weighted by molar-refractivity contribution is 5.94. The third kappa shape index (κ3) is 5.36. The van der Waals surface area contributed by atoms with Crippen LogP contribution in [0.1, 0.15) is 34.3 Å². The molecule has 5 rings (SSSR count). The van der Waals surface area contributed by atoms with Crippen LogP contribution in [-0.4, -0.2) is 41.5 Å². The van der Waals surface area contributed by atoms with E-state index >= 15 is 0 Å². The van der Waals surface area contributed by atoms with Gasteiger partial charge < -0.3 is 15.0 Å². The maximum absolute atomic E-state index is 13.5. The van der Waals surface area contributed by atoms with Gasteiger partial charge in [-0.3, -0.25) is 9.78 Å². The number of piperidine rings is 1. The predicted octanol–water partition coefficient (Wildman–Crippen LogP) is 5.25. The molecule has 4 aromatic rings. The summed E-state index contributed by atoms with van der Waals surface area (Å²) in [4.78, 5) is 20.0. The fourth-order valence-corrected chi connectivity index (χ4v) is 5.05. The Balaban J connectivity index is 1.32. The third-order valence-electron chi connectivity index (χ3n) is 6.95. The Bertz CT molecular complexity index is 1270. The van der Waals surface area contributed by atoms with E-state index in [4.69, 9.17) is 4.74 Å². The number of amides is 1. The van der Waals surface area contributed by atoms with Gasteiger partial charge in [0.05, 0.1) is 12.6 Å². The Hall–Kier alpha value is -3.70. The van der Waals surface area contributed by atoms with Gasteiger partial charge in [-0.25, -0.2) is 0 Å². The van der Waals surface area contributed by atoms with Crippen LogP contribution in [0, 0.1) is 0 Å². The summed E-state index contributed by atoms with van der Waals surface area (Å²) < 4.78 is 5.26. The van der Waals surface area contributed by atoms with E-state index in [1.807, 2.05) is 42.6 Å². The van der Waals surface area contributed by atoms with Crippen LogP contribution >= 0.6 is 0 Å². The Morgan fingerprint density at radius 2 is 1.77 bits per heavy atom. The number of benzene rings is 3. The van der Waals surface area contributed by atoms with Crippen molar-refractivity contribution in [1.82, 2.24) is 15.2 Å². The van der Waals surface area contributed by atoms with Crippen molar-refractivity contribution >= 4 is 16.8 Å². The van der Waals surface area contributed by atoms with E-state index in [9.17, 15) is 4.79 Å². The highest BCUT2D eigenvalue weighted by atomic mass is 16.5. The smallest absolute Gasteiger partial charge is 0.254 e. The molecular formula is C30H31N3O2. The number of nitrogens with zero attached hydrogens (tertiary/aromatic N) is 2. The minimum atomic E-state index is 0.0900. The van der Waals surface area contributed by atoms with Gasteiger partial charge in [0.25, 0.3) is 5.91 Å². The molecule has 1 fully saturated rings. The lowest BCUT2D eigenvalue weighted by molar-refractivity contribution is 0.0576. The zero-order chi connectivity index (χ0) is 24.0. The molecule has 1 aromatic heterocycles. The monoisotopic (exact) mass is 465 g/mol. The Morgan fingerprint density at radius 3 is 2.57 bits per heavy atom. The molecule has 1 aliphatic heterocycles. The molecule has 0 radical (unpaired) electrons. The minimum absolute atomic E-state index is 0.0900. The summed E-state index contributed by atoms with van der Waals surface area (Å²) in [6.45, 7) is 1.52. The van der Waals surface area contributed by atoms with Gasteiger partial charge in [-0.2, -0.15) is 0 Å². The number of rotatable bonds is 7. The molecule has 1 amide bonds. The number of para-hydroxylation sites is 1. The van der Waals surface area contributed by atoms with Crippen LogP contribution in [0.15, 0.2) is 91.1 Å². The topological polar surface area (TPSA) is 54.5 Å². The van der Waals surface area contributed by atoms with Gasteiger partial charge in [0.2, 0.25) is 0 Å². The lowest BCUT2D eigenvalue weighted by Crippen LogP contribution is -2.51. The molecule has 0 saturated carbocycles. The van der Waals surface area contributed by atoms with Crippen LogP contribution in [-0.2, 0) is 13.0 Å². The summed E-state index contributed by atoms with van der Waals surface area (Å²) >= 11 is 0. The Labute approximate surface area is 206 Å². The number of pyridine rings is 1. The quantitative estimate of drug-likeness (QED) is 0.405. The highest BCUT2D eigenvalue weighted by Gasteiger charge is 2.32. The first kappa shape index (κ1) is 23.1. The number of fused-ring (bicyclic) bond motifs is 1. The number of nitrogens with one attached hydrogen (secondary N) is 1. The molecule has 5 heteroatoms. The van der Waals surface area contributed by atoms with E-state index in [0.29, 0.717) is 11.6 Å². The van der Waals surface area contributed by atoms with Crippen molar-refractivity contribution in [1.29, 1.82) is 0 Å². The van der Waals surface area contributed by atoms with Crippen LogP contribution in [0.25, 0.3) is 10.9 Å². The van der Waals surface area contributed by atoms with Crippen LogP contribution < -0.4 is 10.1 Å². The SMILES string of the molecule is COc1ccc(C(=O)N2CCC(NCc3ccnc4ccccc34)CC2Cc2ccccc2)cc1. The molecule has 0 spiro atoms. The van der Waals surface area contributed by atoms with E-state index in [-0.39, 0.29) is 11.9 Å². The van der Waals surface area contributed by atoms with Gasteiger partial charge >= 0.3 is 0 Å². The number of ether oxygens (including phenoxy) is 1. The molecular weight excluding hydrogens is 434 g/mol. The van der Waals surface area contributed by atoms with Crippen LogP contribution in [0.4, 0.5) is 0 Å². The van der Waals surface area contributed by atoms with Crippen LogP contribution in [0.5, 0.6) is 5.75 Å². The summed E-state index contributed by atoms with van der Waals surface area (Å²) in [6.07, 6.45) is 4.57. The molecule has 0 aliphatic carbocycles. The molecule has 2 unspecified atom stereocenters. The zero-order valence-corrected chi connectivity index (χ0v) is 20.1. The lowest BCUT2D eigenvalue weighted by atomic mass is 9.91. The molecule has 1 aliphatic rings. The average Bonchev–Trinajstić information content (AvgIpc) is 2.92. The largest absolute Gasteiger partial charge is 0.497 e. The number of hydrogen-bond donors (Lipinski definition) is 1. The number of methoxy groups -OCH3 is 1. The second kappa shape index (κ2) is 10.7. The average molecular weight is 466 g/mol. The van der Waals surface area contributed by atoms with Crippen molar-refractivity contribution in [2.45, 2.75) is 37.9 Å². The van der Waals surface area contributed by atoms with Crippen molar-refractivity contribution in [2.75, 3.05) is 13.7 Å². The summed E-state index contributed by atoms with van der Waals surface area (Å²) in [5.41, 5.74) is 4.24. The first-order valence-electron chi connectivity index (χ1n) is 12.3. The summed E-state index contributed by atoms with van der Waals surface area (Å²) in [7, 11) is 1.64. The van der Waals surface area contributed by atoms with Gasteiger partial charge in [0, 0.05) is 42.3 Å². The van der Waals surface area contributed by atoms with Gasteiger partial charge in [-0.1, -0.05) is 48.5 Å². The van der Waals surface area contributed by atoms with E-state index in [2.05, 4.69) is 63.7 Å². The maximum Gasteiger partial charge on any atom is 0.254 e. The van der Waals surface area contributed by atoms with E-state index in [1.165, 1.54) is 16.5 Å². The summed E-state index contributed by atoms with van der Waals surface area (Å²) in [5, 5.41) is 4.97. The van der Waals surface area contributed by atoms with Gasteiger partial charge in [-0.05, 0) is 66.8 Å². The van der Waals surface area contributed by atoms with E-state index in [1.54, 1.807) is 7.11 Å². The molecule has 0 bridgehead atoms. The lowest BCUT2D eigenvalue weighted by Gasteiger charge is -2.40. The van der Waals surface area contributed by atoms with Crippen molar-refractivity contribution in [2.24, 2.45) is 0 Å². The number of likely N-dealkylation sites (tertiary alicyclic amines) is 1. The number of hydrogen-bond acceptors (Lipinski definition) is 4. The Kier molecular flexibility index (Phi) is 7.05. The van der Waals surface area contributed by atoms with Crippen LogP contribution in [0.3, 0.4) is 0 Å². The molecule has 1 saturated heterocycles. The second-order valence-corrected chi connectivity index (χ2v) is 9.16. The predicted molar refractivity (Wildman–Crippen MR) is 140 cm³/mol. The van der Waals surface area contributed by atoms with Crippen molar-refractivity contribution in [3.05, 3.63) is 108 Å². The summed E-state index contributed by atoms with van der Waals surface area (Å²) in [5.74, 6) is 0.848. The number of carbonyl (C=O) groups excluding carboxylic acids is 1. The molecule has 35 heavy (non-hydrogen) atoms. The highest BCUT2D eigenvalue weighted by Crippen LogP contribution is 2.25. The molecule has 5 nitrogen and oxygen atoms in total. The standard InChI is InChI=1S/C30H31N3O2/c1-35-27-13-11-23(12-14-27)30(34)33-18-16-25(20-26(33)19-22-7-3-2-4-8-22)32-21-24-15-17-31-29-10-6-5-9-28(24)29/h2-15,17,25-26,32H,16,18-21H2,1H3. The zero-order valence-electron chi connectivity index (χ0n) is 20.1. The normalized spacial score (nSPS) is 17.9. The first-order valence-corrected chi connectivity index (χ1v) is 12.3. The van der Waals surface area contributed by atoms with Gasteiger partial charge in [0.1, 0.15) is 5.75 Å². The molecule has 178 valence electrons. The third-order valence-corrected chi connectivity index (χ3v) is 6.95. The number of aromatic nitrogens is 1. The summed E-state index contributed by atoms with van der Waals surface area (Å²) in [6, 6.07) is 28.7. The van der Waals surface area contributed by atoms with Crippen molar-refractivity contribution in [3.63, 3.8) is 0 Å². The number of carbonyl (C=O) groups is 1. The van der Waals surface area contributed by atoms with Crippen molar-refractivity contribution in [3.8, 4) is 5.75 Å². The van der Waals surface area contributed by atoms with Crippen LogP contribution in [0.2, 0.25) is 0 Å². The Morgan fingerprint density at radius 1 is 1.00 bits per heavy atom. The van der Waals surface area contributed by atoms with E-state index in [0.717, 1.165) is 43.6 Å². The van der Waals surface area contributed by atoms with Crippen molar-refractivity contribution < 1.29 is 9.53 Å².